The molecule has 3 N–H and O–H groups in total. The Morgan fingerprint density at radius 1 is 1.38 bits per heavy atom. The number of aryl methyl sites for hydroxylation is 1. The summed E-state index contributed by atoms with van der Waals surface area (Å²) in [6, 6.07) is 4.24. The molecule has 146 valence electrons. The minimum atomic E-state index is -4.32. The Morgan fingerprint density at radius 3 is 2.50 bits per heavy atom. The number of carbonyl (C=O) groups excluding carboxylic acids is 1. The average molecular weight is 393 g/mol. The van der Waals surface area contributed by atoms with Crippen molar-refractivity contribution >= 4 is 21.6 Å². The van der Waals surface area contributed by atoms with Gasteiger partial charge in [-0.25, -0.2) is 13.6 Å². The zero-order valence-corrected chi connectivity index (χ0v) is 15.5. The molecule has 0 aromatic heterocycles. The number of alkyl halides is 3. The largest absolute Gasteiger partial charge is 0.393 e. The second kappa shape index (κ2) is 6.82. The molecule has 0 saturated carbocycles. The van der Waals surface area contributed by atoms with Gasteiger partial charge in [0, 0.05) is 11.2 Å². The van der Waals surface area contributed by atoms with Crippen LogP contribution in [0.5, 0.6) is 0 Å². The van der Waals surface area contributed by atoms with Crippen LogP contribution in [0.25, 0.3) is 0 Å². The quantitative estimate of drug-likeness (QED) is 0.821. The number of nitrogens with two attached hydrogens (primary N) is 1. The number of halogens is 3. The van der Waals surface area contributed by atoms with Crippen molar-refractivity contribution in [2.24, 2.45) is 11.1 Å². The smallest absolute Gasteiger partial charge is 0.325 e. The predicted molar refractivity (Wildman–Crippen MR) is 91.0 cm³/mol. The Bertz CT molecular complexity index is 807. The molecule has 0 radical (unpaired) electrons. The second-order valence-corrected chi connectivity index (χ2v) is 8.56. The molecule has 2 rings (SSSR count). The van der Waals surface area contributed by atoms with E-state index in [9.17, 15) is 26.4 Å². The molecule has 6 nitrogen and oxygen atoms in total. The molecule has 1 aromatic rings. The van der Waals surface area contributed by atoms with E-state index in [-0.39, 0.29) is 30.1 Å². The zero-order valence-electron chi connectivity index (χ0n) is 14.7. The third-order valence-corrected chi connectivity index (χ3v) is 5.92. The van der Waals surface area contributed by atoms with Gasteiger partial charge in [-0.2, -0.15) is 13.2 Å². The van der Waals surface area contributed by atoms with Gasteiger partial charge in [-0.1, -0.05) is 6.07 Å². The summed E-state index contributed by atoms with van der Waals surface area (Å²) in [6.45, 7) is 4.43. The Hall–Kier alpha value is -1.65. The summed E-state index contributed by atoms with van der Waals surface area (Å²) in [5.41, 5.74) is -0.553. The van der Waals surface area contributed by atoms with E-state index in [1.54, 1.807) is 6.92 Å². The highest BCUT2D eigenvalue weighted by atomic mass is 32.2. The summed E-state index contributed by atoms with van der Waals surface area (Å²) in [5, 5.41) is 7.64. The van der Waals surface area contributed by atoms with Gasteiger partial charge < -0.3 is 5.32 Å². The highest BCUT2D eigenvalue weighted by molar-refractivity contribution is 7.89. The van der Waals surface area contributed by atoms with Crippen LogP contribution in [0.2, 0.25) is 0 Å². The summed E-state index contributed by atoms with van der Waals surface area (Å²) in [6.07, 6.45) is -4.39. The van der Waals surface area contributed by atoms with E-state index >= 15 is 0 Å². The lowest BCUT2D eigenvalue weighted by Crippen LogP contribution is -2.49. The average Bonchev–Trinajstić information content (AvgIpc) is 2.74. The molecule has 1 heterocycles. The summed E-state index contributed by atoms with van der Waals surface area (Å²) in [4.78, 5) is 13.6. The van der Waals surface area contributed by atoms with Crippen LogP contribution in [0.1, 0.15) is 25.8 Å². The number of carbonyl (C=O) groups is 1. The number of anilines is 1. The number of amides is 1. The summed E-state index contributed by atoms with van der Waals surface area (Å²) in [5.74, 6) is -2.03. The van der Waals surface area contributed by atoms with Crippen LogP contribution in [0.3, 0.4) is 0 Å². The first-order valence-corrected chi connectivity index (χ1v) is 9.52. The fraction of sp³-hybridized carbons (Fsp3) is 0.562. The van der Waals surface area contributed by atoms with Crippen LogP contribution in [0.15, 0.2) is 23.1 Å². The third kappa shape index (κ3) is 4.36. The number of hydrogen-bond donors (Lipinski definition) is 2. The number of likely N-dealkylation sites (tertiary alicyclic amines) is 1. The number of primary sulfonamides is 1. The fourth-order valence-electron chi connectivity index (χ4n) is 3.35. The summed E-state index contributed by atoms with van der Waals surface area (Å²) >= 11 is 0. The Morgan fingerprint density at radius 2 is 2.00 bits per heavy atom. The van der Waals surface area contributed by atoms with Gasteiger partial charge in [-0.05, 0) is 51.4 Å². The summed E-state index contributed by atoms with van der Waals surface area (Å²) < 4.78 is 62.4. The molecule has 10 heteroatoms. The summed E-state index contributed by atoms with van der Waals surface area (Å²) in [7, 11) is -3.94. The molecule has 1 aliphatic heterocycles. The molecule has 1 atom stereocenters. The van der Waals surface area contributed by atoms with E-state index in [1.807, 2.05) is 0 Å². The zero-order chi connectivity index (χ0) is 19.9. The lowest BCUT2D eigenvalue weighted by molar-refractivity contribution is -0.191. The van der Waals surface area contributed by atoms with Crippen LogP contribution in [0.4, 0.5) is 18.9 Å². The first kappa shape index (κ1) is 20.7. The van der Waals surface area contributed by atoms with Gasteiger partial charge in [0.2, 0.25) is 15.9 Å². The van der Waals surface area contributed by atoms with Crippen molar-refractivity contribution in [1.29, 1.82) is 0 Å². The molecule has 1 amide bonds. The number of sulfonamides is 1. The van der Waals surface area contributed by atoms with Crippen molar-refractivity contribution in [3.63, 3.8) is 0 Å². The number of rotatable bonds is 4. The van der Waals surface area contributed by atoms with Crippen LogP contribution in [-0.2, 0) is 14.8 Å². The third-order valence-electron chi connectivity index (χ3n) is 4.86. The normalized spacial score (nSPS) is 21.0. The first-order valence-electron chi connectivity index (χ1n) is 7.98. The molecule has 0 aliphatic carbocycles. The van der Waals surface area contributed by atoms with Crippen LogP contribution < -0.4 is 10.5 Å². The van der Waals surface area contributed by atoms with E-state index < -0.39 is 33.6 Å². The van der Waals surface area contributed by atoms with Crippen LogP contribution >= 0.6 is 0 Å². The highest BCUT2D eigenvalue weighted by Crippen LogP contribution is 2.44. The monoisotopic (exact) mass is 393 g/mol. The van der Waals surface area contributed by atoms with Crippen molar-refractivity contribution in [3.8, 4) is 0 Å². The highest BCUT2D eigenvalue weighted by Gasteiger charge is 2.54. The number of nitrogens with one attached hydrogen (secondary N) is 1. The molecule has 0 spiro atoms. The van der Waals surface area contributed by atoms with Crippen LogP contribution in [0, 0.1) is 12.8 Å². The van der Waals surface area contributed by atoms with Crippen LogP contribution in [-0.4, -0.2) is 44.0 Å². The number of benzene rings is 1. The molecule has 0 unspecified atom stereocenters. The van der Waals surface area contributed by atoms with Gasteiger partial charge in [-0.15, -0.1) is 0 Å². The lowest BCUT2D eigenvalue weighted by Gasteiger charge is -2.36. The molecule has 1 aromatic carbocycles. The molecule has 1 fully saturated rings. The topological polar surface area (TPSA) is 92.5 Å². The first-order chi connectivity index (χ1) is 11.7. The molecule has 1 aliphatic rings. The van der Waals surface area contributed by atoms with E-state index in [0.29, 0.717) is 5.56 Å². The molecular weight excluding hydrogens is 371 g/mol. The van der Waals surface area contributed by atoms with Crippen molar-refractivity contribution < 1.29 is 26.4 Å². The van der Waals surface area contributed by atoms with Crippen molar-refractivity contribution in [1.82, 2.24) is 4.90 Å². The maximum Gasteiger partial charge on any atom is 0.393 e. The number of hydrogen-bond acceptors (Lipinski definition) is 4. The molecule has 1 saturated heterocycles. The van der Waals surface area contributed by atoms with E-state index in [2.05, 4.69) is 5.32 Å². The van der Waals surface area contributed by atoms with E-state index in [4.69, 9.17) is 5.14 Å². The predicted octanol–water partition coefficient (Wildman–Crippen LogP) is 2.24. The Labute approximate surface area is 150 Å². The maximum atomic E-state index is 13.1. The van der Waals surface area contributed by atoms with Crippen molar-refractivity contribution in [2.75, 3.05) is 18.4 Å². The van der Waals surface area contributed by atoms with Crippen molar-refractivity contribution in [2.45, 2.75) is 43.8 Å². The Balaban J connectivity index is 2.11. The molecule has 26 heavy (non-hydrogen) atoms. The fourth-order valence-corrected chi connectivity index (χ4v) is 4.16. The standard InChI is InChI=1S/C16H22F3N3O3S/c1-10-4-5-11(8-12(10)26(20,24)25)21-14(23)9-22-7-6-13(15(22,2)3)16(17,18)19/h4-5,8,13H,6-7,9H2,1-3H3,(H,21,23)(H2,20,24,25)/t13-/m0/s1. The lowest BCUT2D eigenvalue weighted by atomic mass is 9.88. The minimum Gasteiger partial charge on any atom is -0.325 e. The second-order valence-electron chi connectivity index (χ2n) is 7.03. The van der Waals surface area contributed by atoms with E-state index in [1.165, 1.54) is 36.9 Å². The minimum absolute atomic E-state index is 0.0656. The number of nitrogens with zero attached hydrogens (tertiary/aromatic N) is 1. The van der Waals surface area contributed by atoms with Gasteiger partial charge in [-0.3, -0.25) is 9.69 Å². The molecule has 0 bridgehead atoms. The van der Waals surface area contributed by atoms with Gasteiger partial charge in [0.1, 0.15) is 0 Å². The van der Waals surface area contributed by atoms with Gasteiger partial charge in [0.05, 0.1) is 17.4 Å². The molecular formula is C16H22F3N3O3S. The maximum absolute atomic E-state index is 13.1. The van der Waals surface area contributed by atoms with Gasteiger partial charge in [0.15, 0.2) is 0 Å². The van der Waals surface area contributed by atoms with E-state index in [0.717, 1.165) is 0 Å². The van der Waals surface area contributed by atoms with Crippen molar-refractivity contribution in [3.05, 3.63) is 23.8 Å². The van der Waals surface area contributed by atoms with Gasteiger partial charge >= 0.3 is 6.18 Å². The van der Waals surface area contributed by atoms with Gasteiger partial charge in [0.25, 0.3) is 0 Å². The SMILES string of the molecule is Cc1ccc(NC(=O)CN2CC[C@H](C(F)(F)F)C2(C)C)cc1S(N)(=O)=O. The Kier molecular flexibility index (Phi) is 5.42.